The number of carboxylic acids is 1. The fourth-order valence-electron chi connectivity index (χ4n) is 2.28. The molecule has 0 aliphatic carbocycles. The summed E-state index contributed by atoms with van der Waals surface area (Å²) in [7, 11) is 3.20. The highest BCUT2D eigenvalue weighted by Crippen LogP contribution is 2.30. The molecule has 0 atom stereocenters. The van der Waals surface area contributed by atoms with Gasteiger partial charge < -0.3 is 19.5 Å². The van der Waals surface area contributed by atoms with Crippen molar-refractivity contribution in [2.24, 2.45) is 0 Å². The largest absolute Gasteiger partial charge is 0.493 e. The van der Waals surface area contributed by atoms with Gasteiger partial charge in [-0.3, -0.25) is 9.69 Å². The summed E-state index contributed by atoms with van der Waals surface area (Å²) in [6.45, 7) is 1.90. The molecule has 0 radical (unpaired) electrons. The number of rotatable bonds is 6. The van der Waals surface area contributed by atoms with Gasteiger partial charge in [0.1, 0.15) is 5.70 Å². The van der Waals surface area contributed by atoms with Crippen molar-refractivity contribution in [2.75, 3.05) is 27.3 Å². The van der Waals surface area contributed by atoms with E-state index in [-0.39, 0.29) is 5.91 Å². The lowest BCUT2D eigenvalue weighted by Crippen LogP contribution is -2.30. The van der Waals surface area contributed by atoms with Crippen molar-refractivity contribution in [1.29, 1.82) is 0 Å². The van der Waals surface area contributed by atoms with Gasteiger partial charge in [0.05, 0.1) is 7.11 Å². The average molecular weight is 350 g/mol. The molecule has 1 fully saturated rings. The zero-order chi connectivity index (χ0) is 17.9. The van der Waals surface area contributed by atoms with Crippen LogP contribution >= 0.6 is 12.2 Å². The van der Waals surface area contributed by atoms with Crippen molar-refractivity contribution in [3.05, 3.63) is 29.5 Å². The average Bonchev–Trinajstić information content (AvgIpc) is 2.76. The molecule has 1 aliphatic heterocycles. The van der Waals surface area contributed by atoms with Gasteiger partial charge in [0.2, 0.25) is 0 Å². The number of carboxylic acid groups (broad SMARTS) is 1. The van der Waals surface area contributed by atoms with Crippen LogP contribution < -0.4 is 9.47 Å². The number of benzene rings is 1. The molecule has 0 aromatic heterocycles. The van der Waals surface area contributed by atoms with Crippen molar-refractivity contribution in [1.82, 2.24) is 9.80 Å². The van der Waals surface area contributed by atoms with Gasteiger partial charge in [-0.05, 0) is 42.9 Å². The Hall–Kier alpha value is -2.61. The predicted molar refractivity (Wildman–Crippen MR) is 91.8 cm³/mol. The molecule has 0 spiro atoms. The van der Waals surface area contributed by atoms with E-state index in [9.17, 15) is 9.59 Å². The summed E-state index contributed by atoms with van der Waals surface area (Å²) in [5.74, 6) is -0.530. The molecule has 0 saturated carbocycles. The van der Waals surface area contributed by atoms with E-state index in [4.69, 9.17) is 26.8 Å². The Kier molecular flexibility index (Phi) is 5.40. The molecule has 128 valence electrons. The quantitative estimate of drug-likeness (QED) is 0.616. The lowest BCUT2D eigenvalue weighted by molar-refractivity contribution is -0.139. The van der Waals surface area contributed by atoms with Crippen LogP contribution in [0.1, 0.15) is 12.5 Å². The van der Waals surface area contributed by atoms with Gasteiger partial charge >= 0.3 is 5.97 Å². The fourth-order valence-corrected chi connectivity index (χ4v) is 2.59. The molecule has 0 unspecified atom stereocenters. The molecular formula is C16H18N2O5S. The monoisotopic (exact) mass is 350 g/mol. The van der Waals surface area contributed by atoms with Crippen molar-refractivity contribution >= 4 is 35.3 Å². The highest BCUT2D eigenvalue weighted by Gasteiger charge is 2.34. The third kappa shape index (κ3) is 3.48. The number of methoxy groups -OCH3 is 1. The van der Waals surface area contributed by atoms with Gasteiger partial charge in [0, 0.05) is 13.6 Å². The maximum Gasteiger partial charge on any atom is 0.341 e. The number of ether oxygens (including phenoxy) is 2. The first-order chi connectivity index (χ1) is 11.4. The standard InChI is InChI=1S/C16H18N2O5S/c1-4-18-15(21)11(17(2)16(18)24)7-10-5-6-12(13(8-10)22-3)23-9-14(19)20/h5-8H,4,9H2,1-3H3,(H,19,20)/b11-7+. The van der Waals surface area contributed by atoms with Crippen molar-refractivity contribution < 1.29 is 24.2 Å². The van der Waals surface area contributed by atoms with E-state index >= 15 is 0 Å². The van der Waals surface area contributed by atoms with Crippen LogP contribution in [-0.2, 0) is 9.59 Å². The maximum absolute atomic E-state index is 12.4. The third-order valence-electron chi connectivity index (χ3n) is 3.50. The number of aliphatic carboxylic acids is 1. The van der Waals surface area contributed by atoms with Crippen LogP contribution in [0, 0.1) is 0 Å². The summed E-state index contributed by atoms with van der Waals surface area (Å²) in [5.41, 5.74) is 1.17. The van der Waals surface area contributed by atoms with E-state index in [0.717, 1.165) is 0 Å². The van der Waals surface area contributed by atoms with Crippen LogP contribution in [0.5, 0.6) is 11.5 Å². The molecule has 1 N–H and O–H groups in total. The smallest absolute Gasteiger partial charge is 0.341 e. The Morgan fingerprint density at radius 2 is 2.08 bits per heavy atom. The lowest BCUT2D eigenvalue weighted by atomic mass is 10.1. The fraction of sp³-hybridized carbons (Fsp3) is 0.312. The number of amides is 1. The first kappa shape index (κ1) is 17.7. The van der Waals surface area contributed by atoms with E-state index in [1.54, 1.807) is 36.2 Å². The summed E-state index contributed by atoms with van der Waals surface area (Å²) in [6.07, 6.45) is 1.70. The molecule has 24 heavy (non-hydrogen) atoms. The highest BCUT2D eigenvalue weighted by molar-refractivity contribution is 7.80. The molecule has 0 bridgehead atoms. The molecule has 2 rings (SSSR count). The highest BCUT2D eigenvalue weighted by atomic mass is 32.1. The SMILES string of the molecule is CCN1C(=O)/C(=C\c2ccc(OCC(=O)O)c(OC)c2)N(C)C1=S. The van der Waals surface area contributed by atoms with Gasteiger partial charge in [0.15, 0.2) is 23.2 Å². The first-order valence-electron chi connectivity index (χ1n) is 7.23. The number of nitrogens with zero attached hydrogens (tertiary/aromatic N) is 2. The third-order valence-corrected chi connectivity index (χ3v) is 4.00. The summed E-state index contributed by atoms with van der Waals surface area (Å²) in [5, 5.41) is 9.14. The zero-order valence-corrected chi connectivity index (χ0v) is 14.4. The molecule has 7 nitrogen and oxygen atoms in total. The van der Waals surface area contributed by atoms with Gasteiger partial charge in [0.25, 0.3) is 5.91 Å². The Balaban J connectivity index is 2.31. The van der Waals surface area contributed by atoms with Crippen LogP contribution in [0.25, 0.3) is 6.08 Å². The molecule has 1 aromatic carbocycles. The summed E-state index contributed by atoms with van der Waals surface area (Å²) >= 11 is 5.25. The first-order valence-corrected chi connectivity index (χ1v) is 7.63. The molecule has 1 aromatic rings. The topological polar surface area (TPSA) is 79.3 Å². The number of carbonyl (C=O) groups is 2. The van der Waals surface area contributed by atoms with Crippen LogP contribution in [0.3, 0.4) is 0 Å². The summed E-state index contributed by atoms with van der Waals surface area (Å²) in [6, 6.07) is 4.98. The van der Waals surface area contributed by atoms with Crippen LogP contribution in [0.2, 0.25) is 0 Å². The number of carbonyl (C=O) groups excluding carboxylic acids is 1. The van der Waals surface area contributed by atoms with Gasteiger partial charge in [-0.25, -0.2) is 4.79 Å². The zero-order valence-electron chi connectivity index (χ0n) is 13.6. The Morgan fingerprint density at radius 1 is 1.38 bits per heavy atom. The van der Waals surface area contributed by atoms with E-state index in [1.807, 2.05) is 6.92 Å². The summed E-state index contributed by atoms with van der Waals surface area (Å²) < 4.78 is 10.4. The van der Waals surface area contributed by atoms with Gasteiger partial charge in [-0.2, -0.15) is 0 Å². The van der Waals surface area contributed by atoms with Crippen molar-refractivity contribution in [3.63, 3.8) is 0 Å². The number of hydrogen-bond acceptors (Lipinski definition) is 5. The lowest BCUT2D eigenvalue weighted by Gasteiger charge is -2.13. The number of likely N-dealkylation sites (N-methyl/N-ethyl adjacent to an activating group) is 2. The van der Waals surface area contributed by atoms with Crippen LogP contribution in [0.4, 0.5) is 0 Å². The van der Waals surface area contributed by atoms with Gasteiger partial charge in [-0.15, -0.1) is 0 Å². The Bertz CT molecular complexity index is 716. The summed E-state index contributed by atoms with van der Waals surface area (Å²) in [4.78, 5) is 26.1. The maximum atomic E-state index is 12.4. The van der Waals surface area contributed by atoms with E-state index in [2.05, 4.69) is 0 Å². The second-order valence-corrected chi connectivity index (χ2v) is 5.38. The van der Waals surface area contributed by atoms with Crippen LogP contribution in [0.15, 0.2) is 23.9 Å². The predicted octanol–water partition coefficient (Wildman–Crippen LogP) is 1.58. The number of hydrogen-bond donors (Lipinski definition) is 1. The Labute approximate surface area is 145 Å². The molecule has 1 heterocycles. The van der Waals surface area contributed by atoms with Crippen molar-refractivity contribution in [2.45, 2.75) is 6.92 Å². The van der Waals surface area contributed by atoms with Crippen LogP contribution in [-0.4, -0.2) is 59.2 Å². The van der Waals surface area contributed by atoms with Gasteiger partial charge in [-0.1, -0.05) is 6.07 Å². The van der Waals surface area contributed by atoms with E-state index in [0.29, 0.717) is 34.4 Å². The van der Waals surface area contributed by atoms with E-state index < -0.39 is 12.6 Å². The molecule has 8 heteroatoms. The minimum absolute atomic E-state index is 0.157. The molecular weight excluding hydrogens is 332 g/mol. The molecule has 1 amide bonds. The minimum Gasteiger partial charge on any atom is -0.493 e. The molecule has 1 aliphatic rings. The minimum atomic E-state index is -1.07. The second-order valence-electron chi connectivity index (χ2n) is 5.01. The number of thiocarbonyl (C=S) groups is 1. The molecule has 1 saturated heterocycles. The van der Waals surface area contributed by atoms with E-state index in [1.165, 1.54) is 12.0 Å². The second kappa shape index (κ2) is 7.31. The Morgan fingerprint density at radius 3 is 2.62 bits per heavy atom. The normalized spacial score (nSPS) is 16.0. The van der Waals surface area contributed by atoms with Crippen molar-refractivity contribution in [3.8, 4) is 11.5 Å².